The topological polar surface area (TPSA) is 60.9 Å². The van der Waals surface area contributed by atoms with Crippen LogP contribution in [0.5, 0.6) is 0 Å². The van der Waals surface area contributed by atoms with Gasteiger partial charge >= 0.3 is 6.03 Å². The van der Waals surface area contributed by atoms with Crippen LogP contribution < -0.4 is 5.32 Å². The number of hydrogen-bond acceptors (Lipinski definition) is 6. The highest BCUT2D eigenvalue weighted by atomic mass is 32.1. The highest BCUT2D eigenvalue weighted by Crippen LogP contribution is 2.14. The van der Waals surface area contributed by atoms with Crippen LogP contribution in [-0.2, 0) is 4.74 Å². The van der Waals surface area contributed by atoms with Crippen LogP contribution in [-0.4, -0.2) is 91.3 Å². The van der Waals surface area contributed by atoms with Gasteiger partial charge in [0, 0.05) is 57.4 Å². The quantitative estimate of drug-likeness (QED) is 0.883. The van der Waals surface area contributed by atoms with Gasteiger partial charge in [0.15, 0.2) is 5.13 Å². The minimum atomic E-state index is -0.0818. The van der Waals surface area contributed by atoms with Gasteiger partial charge in [-0.05, 0) is 7.05 Å². The lowest BCUT2D eigenvalue weighted by molar-refractivity contribution is -0.0338. The number of anilines is 1. The number of nitrogens with zero attached hydrogens (tertiary/aromatic N) is 4. The first-order valence-corrected chi connectivity index (χ1v) is 8.56. The van der Waals surface area contributed by atoms with Gasteiger partial charge in [0.1, 0.15) is 0 Å². The molecule has 3 heterocycles. The van der Waals surface area contributed by atoms with E-state index in [2.05, 4.69) is 27.1 Å². The second kappa shape index (κ2) is 7.36. The van der Waals surface area contributed by atoms with E-state index in [1.165, 1.54) is 11.3 Å². The molecule has 2 aliphatic heterocycles. The van der Waals surface area contributed by atoms with Gasteiger partial charge in [-0.2, -0.15) is 0 Å². The molecule has 2 amide bonds. The molecule has 2 saturated heterocycles. The number of carbonyl (C=O) groups is 1. The van der Waals surface area contributed by atoms with Crippen molar-refractivity contribution in [2.45, 2.75) is 6.10 Å². The Balaban J connectivity index is 1.47. The predicted octanol–water partition coefficient (Wildman–Crippen LogP) is 0.623. The molecule has 22 heavy (non-hydrogen) atoms. The zero-order chi connectivity index (χ0) is 15.4. The highest BCUT2D eigenvalue weighted by molar-refractivity contribution is 7.13. The van der Waals surface area contributed by atoms with Crippen molar-refractivity contribution in [1.29, 1.82) is 0 Å². The third-order valence-corrected chi connectivity index (χ3v) is 4.82. The van der Waals surface area contributed by atoms with Crippen LogP contribution in [0.3, 0.4) is 0 Å². The first-order chi connectivity index (χ1) is 10.7. The van der Waals surface area contributed by atoms with Gasteiger partial charge in [-0.3, -0.25) is 10.2 Å². The van der Waals surface area contributed by atoms with E-state index in [9.17, 15) is 4.79 Å². The molecule has 7 nitrogen and oxygen atoms in total. The number of morpholine rings is 1. The van der Waals surface area contributed by atoms with Gasteiger partial charge in [0.05, 0.1) is 12.7 Å². The van der Waals surface area contributed by atoms with Crippen molar-refractivity contribution in [3.63, 3.8) is 0 Å². The van der Waals surface area contributed by atoms with Crippen LogP contribution in [0.4, 0.5) is 9.93 Å². The summed E-state index contributed by atoms with van der Waals surface area (Å²) in [6.07, 6.45) is 1.79. The fraction of sp³-hybridized carbons (Fsp3) is 0.714. The number of aromatic nitrogens is 1. The summed E-state index contributed by atoms with van der Waals surface area (Å²) >= 11 is 1.43. The summed E-state index contributed by atoms with van der Waals surface area (Å²) < 4.78 is 5.83. The van der Waals surface area contributed by atoms with Crippen molar-refractivity contribution in [2.75, 3.05) is 64.8 Å². The van der Waals surface area contributed by atoms with Gasteiger partial charge in [-0.25, -0.2) is 9.78 Å². The number of ether oxygens (including phenoxy) is 1. The van der Waals surface area contributed by atoms with Crippen molar-refractivity contribution in [3.05, 3.63) is 11.6 Å². The molecule has 0 radical (unpaired) electrons. The average Bonchev–Trinajstić information content (AvgIpc) is 3.03. The maximum absolute atomic E-state index is 12.3. The van der Waals surface area contributed by atoms with Crippen LogP contribution in [0.15, 0.2) is 11.6 Å². The van der Waals surface area contributed by atoms with E-state index in [0.717, 1.165) is 32.7 Å². The molecular weight excluding hydrogens is 302 g/mol. The number of urea groups is 1. The van der Waals surface area contributed by atoms with Crippen LogP contribution in [0.25, 0.3) is 0 Å². The van der Waals surface area contributed by atoms with Crippen molar-refractivity contribution in [1.82, 2.24) is 19.7 Å². The summed E-state index contributed by atoms with van der Waals surface area (Å²) in [5.74, 6) is 0. The molecule has 1 unspecified atom stereocenters. The Labute approximate surface area is 134 Å². The fourth-order valence-corrected chi connectivity index (χ4v) is 3.31. The van der Waals surface area contributed by atoms with E-state index < -0.39 is 0 Å². The zero-order valence-electron chi connectivity index (χ0n) is 12.9. The summed E-state index contributed by atoms with van der Waals surface area (Å²) in [5, 5.41) is 5.34. The molecule has 122 valence electrons. The van der Waals surface area contributed by atoms with E-state index in [-0.39, 0.29) is 12.1 Å². The summed E-state index contributed by atoms with van der Waals surface area (Å²) in [6, 6.07) is -0.0818. The molecule has 1 atom stereocenters. The zero-order valence-corrected chi connectivity index (χ0v) is 13.7. The largest absolute Gasteiger partial charge is 0.373 e. The number of likely N-dealkylation sites (N-methyl/N-ethyl adjacent to an activating group) is 1. The lowest BCUT2D eigenvalue weighted by Crippen LogP contribution is -2.53. The van der Waals surface area contributed by atoms with Gasteiger partial charge < -0.3 is 14.5 Å². The number of thiazole rings is 1. The summed E-state index contributed by atoms with van der Waals surface area (Å²) in [5.41, 5.74) is 0. The monoisotopic (exact) mass is 325 g/mol. The first-order valence-electron chi connectivity index (χ1n) is 7.68. The molecule has 2 aliphatic rings. The van der Waals surface area contributed by atoms with E-state index >= 15 is 0 Å². The van der Waals surface area contributed by atoms with Crippen molar-refractivity contribution in [3.8, 4) is 0 Å². The van der Waals surface area contributed by atoms with Crippen molar-refractivity contribution >= 4 is 22.5 Å². The normalized spacial score (nSPS) is 24.4. The first kappa shape index (κ1) is 15.7. The van der Waals surface area contributed by atoms with Crippen LogP contribution in [0, 0.1) is 0 Å². The molecular formula is C14H23N5O2S. The Kier molecular flexibility index (Phi) is 5.24. The Morgan fingerprint density at radius 1 is 1.41 bits per heavy atom. The number of piperazine rings is 1. The van der Waals surface area contributed by atoms with Crippen molar-refractivity contribution < 1.29 is 9.53 Å². The lowest BCUT2D eigenvalue weighted by Gasteiger charge is -2.38. The highest BCUT2D eigenvalue weighted by Gasteiger charge is 2.27. The van der Waals surface area contributed by atoms with Crippen LogP contribution >= 0.6 is 11.3 Å². The number of carbonyl (C=O) groups excluding carboxylic acids is 1. The van der Waals surface area contributed by atoms with Crippen molar-refractivity contribution in [2.24, 2.45) is 0 Å². The van der Waals surface area contributed by atoms with E-state index in [1.807, 2.05) is 10.3 Å². The molecule has 3 rings (SSSR count). The Bertz CT molecular complexity index is 476. The third kappa shape index (κ3) is 4.16. The molecule has 2 fully saturated rings. The molecule has 1 aromatic heterocycles. The van der Waals surface area contributed by atoms with Gasteiger partial charge in [0.2, 0.25) is 0 Å². The Morgan fingerprint density at radius 3 is 2.95 bits per heavy atom. The molecule has 8 heteroatoms. The summed E-state index contributed by atoms with van der Waals surface area (Å²) in [4.78, 5) is 22.9. The minimum Gasteiger partial charge on any atom is -0.373 e. The Hall–Kier alpha value is -1.22. The van der Waals surface area contributed by atoms with Crippen LogP contribution in [0.2, 0.25) is 0 Å². The number of rotatable bonds is 3. The number of hydrogen-bond donors (Lipinski definition) is 1. The molecule has 0 spiro atoms. The predicted molar refractivity (Wildman–Crippen MR) is 86.4 cm³/mol. The molecule has 1 aromatic rings. The van der Waals surface area contributed by atoms with E-state index in [0.29, 0.717) is 24.8 Å². The van der Waals surface area contributed by atoms with E-state index in [1.54, 1.807) is 6.20 Å². The second-order valence-corrected chi connectivity index (χ2v) is 6.70. The molecule has 0 bridgehead atoms. The standard InChI is InChI=1S/C14H23N5O2S/c1-17-3-5-18(6-4-17)10-12-11-19(7-8-21-12)14(20)16-13-15-2-9-22-13/h2,9,12H,3-8,10-11H2,1H3,(H,15,16,20). The lowest BCUT2D eigenvalue weighted by atomic mass is 10.2. The maximum Gasteiger partial charge on any atom is 0.323 e. The third-order valence-electron chi connectivity index (χ3n) is 4.13. The second-order valence-electron chi connectivity index (χ2n) is 5.81. The molecule has 0 saturated carbocycles. The maximum atomic E-state index is 12.3. The average molecular weight is 325 g/mol. The minimum absolute atomic E-state index is 0.0818. The Morgan fingerprint density at radius 2 is 2.23 bits per heavy atom. The fourth-order valence-electron chi connectivity index (χ4n) is 2.79. The van der Waals surface area contributed by atoms with Gasteiger partial charge in [0.25, 0.3) is 0 Å². The number of nitrogens with one attached hydrogen (secondary N) is 1. The summed E-state index contributed by atoms with van der Waals surface area (Å²) in [7, 11) is 2.15. The van der Waals surface area contributed by atoms with Gasteiger partial charge in [-0.15, -0.1) is 11.3 Å². The summed E-state index contributed by atoms with van der Waals surface area (Å²) in [6.45, 7) is 7.11. The SMILES string of the molecule is CN1CCN(CC2CN(C(=O)Nc3nccs3)CCO2)CC1. The van der Waals surface area contributed by atoms with E-state index in [4.69, 9.17) is 4.74 Å². The smallest absolute Gasteiger partial charge is 0.323 e. The van der Waals surface area contributed by atoms with Crippen LogP contribution in [0.1, 0.15) is 0 Å². The molecule has 0 aromatic carbocycles. The molecule has 0 aliphatic carbocycles. The number of amides is 2. The van der Waals surface area contributed by atoms with Gasteiger partial charge in [-0.1, -0.05) is 0 Å². The molecule has 1 N–H and O–H groups in total.